The molecule has 0 bridgehead atoms. The molecular formula is C23H22Cl2F2N6O. The van der Waals surface area contributed by atoms with E-state index in [9.17, 15) is 13.6 Å². The summed E-state index contributed by atoms with van der Waals surface area (Å²) in [6, 6.07) is 6.62. The molecule has 0 saturated carbocycles. The van der Waals surface area contributed by atoms with Crippen LogP contribution in [0, 0.1) is 27.7 Å². The molecule has 3 aromatic heterocycles. The topological polar surface area (TPSA) is 77.6 Å². The number of nitrogens with one attached hydrogen (secondary N) is 1. The van der Waals surface area contributed by atoms with Crippen molar-refractivity contribution < 1.29 is 13.6 Å². The van der Waals surface area contributed by atoms with E-state index in [4.69, 9.17) is 23.2 Å². The molecule has 0 aliphatic rings. The summed E-state index contributed by atoms with van der Waals surface area (Å²) in [6.07, 6.45) is -2.67. The van der Waals surface area contributed by atoms with Gasteiger partial charge in [-0.1, -0.05) is 29.3 Å². The lowest BCUT2D eigenvalue weighted by Gasteiger charge is -2.10. The highest BCUT2D eigenvalue weighted by Gasteiger charge is 2.22. The molecule has 7 nitrogen and oxygen atoms in total. The van der Waals surface area contributed by atoms with Gasteiger partial charge in [0.05, 0.1) is 34.7 Å². The molecule has 0 atom stereocenters. The van der Waals surface area contributed by atoms with Gasteiger partial charge in [-0.2, -0.15) is 10.2 Å². The number of nitrogens with zero attached hydrogens (tertiary/aromatic N) is 5. The highest BCUT2D eigenvalue weighted by molar-refractivity contribution is 6.36. The van der Waals surface area contributed by atoms with Gasteiger partial charge in [0.25, 0.3) is 6.43 Å². The van der Waals surface area contributed by atoms with E-state index in [1.165, 1.54) is 10.7 Å². The van der Waals surface area contributed by atoms with Crippen LogP contribution in [-0.4, -0.2) is 30.5 Å². The summed E-state index contributed by atoms with van der Waals surface area (Å²) >= 11 is 12.6. The van der Waals surface area contributed by atoms with Gasteiger partial charge in [0.2, 0.25) is 5.91 Å². The molecule has 178 valence electrons. The molecule has 0 aliphatic heterocycles. The average Bonchev–Trinajstić information content (AvgIpc) is 3.20. The van der Waals surface area contributed by atoms with Gasteiger partial charge >= 0.3 is 0 Å². The number of hydrogen-bond donors (Lipinski definition) is 1. The summed E-state index contributed by atoms with van der Waals surface area (Å²) in [5.41, 5.74) is 3.54. The molecule has 0 unspecified atom stereocenters. The normalized spacial score (nSPS) is 11.6. The second kappa shape index (κ2) is 9.31. The first-order valence-corrected chi connectivity index (χ1v) is 11.2. The maximum atomic E-state index is 13.5. The van der Waals surface area contributed by atoms with Crippen molar-refractivity contribution in [3.8, 4) is 0 Å². The van der Waals surface area contributed by atoms with Crippen LogP contribution in [0.5, 0.6) is 0 Å². The van der Waals surface area contributed by atoms with E-state index in [-0.39, 0.29) is 29.0 Å². The number of halogens is 4. The molecule has 0 fully saturated rings. The van der Waals surface area contributed by atoms with Gasteiger partial charge in [0, 0.05) is 26.9 Å². The maximum absolute atomic E-state index is 13.5. The number of carbonyl (C=O) groups is 1. The first-order valence-electron chi connectivity index (χ1n) is 10.5. The predicted molar refractivity (Wildman–Crippen MR) is 128 cm³/mol. The fraction of sp³-hybridized carbons (Fsp3) is 0.304. The zero-order chi connectivity index (χ0) is 24.7. The van der Waals surface area contributed by atoms with Gasteiger partial charge in [-0.15, -0.1) is 0 Å². The quantitative estimate of drug-likeness (QED) is 0.358. The first-order chi connectivity index (χ1) is 16.1. The summed E-state index contributed by atoms with van der Waals surface area (Å²) < 4.78 is 30.1. The molecule has 34 heavy (non-hydrogen) atoms. The van der Waals surface area contributed by atoms with Crippen LogP contribution in [-0.2, 0) is 17.9 Å². The van der Waals surface area contributed by atoms with Crippen LogP contribution in [0.2, 0.25) is 10.0 Å². The van der Waals surface area contributed by atoms with Gasteiger partial charge in [-0.05, 0) is 45.9 Å². The molecule has 1 N–H and O–H groups in total. The Balaban J connectivity index is 1.59. The number of amides is 1. The van der Waals surface area contributed by atoms with E-state index in [1.807, 2.05) is 6.92 Å². The molecule has 3 heterocycles. The second-order valence-electron chi connectivity index (χ2n) is 8.05. The summed E-state index contributed by atoms with van der Waals surface area (Å²) in [4.78, 5) is 17.2. The van der Waals surface area contributed by atoms with Crippen molar-refractivity contribution in [3.05, 3.63) is 68.2 Å². The van der Waals surface area contributed by atoms with Crippen LogP contribution in [0.4, 0.5) is 14.5 Å². The molecule has 11 heteroatoms. The number of carbonyl (C=O) groups excluding carboxylic acids is 1. The van der Waals surface area contributed by atoms with Crippen molar-refractivity contribution in [2.45, 2.75) is 47.2 Å². The van der Waals surface area contributed by atoms with Crippen LogP contribution in [0.15, 0.2) is 24.3 Å². The number of benzene rings is 1. The minimum Gasteiger partial charge on any atom is -0.321 e. The molecule has 0 radical (unpaired) electrons. The number of aromatic nitrogens is 5. The van der Waals surface area contributed by atoms with Crippen LogP contribution in [0.3, 0.4) is 0 Å². The van der Waals surface area contributed by atoms with Crippen molar-refractivity contribution in [3.63, 3.8) is 0 Å². The van der Waals surface area contributed by atoms with Crippen molar-refractivity contribution in [2.24, 2.45) is 0 Å². The van der Waals surface area contributed by atoms with Crippen LogP contribution >= 0.6 is 23.2 Å². The summed E-state index contributed by atoms with van der Waals surface area (Å²) in [5, 5.41) is 13.0. The fourth-order valence-corrected chi connectivity index (χ4v) is 4.50. The lowest BCUT2D eigenvalue weighted by Crippen LogP contribution is -2.20. The molecule has 1 amide bonds. The van der Waals surface area contributed by atoms with Crippen molar-refractivity contribution in [1.82, 2.24) is 24.5 Å². The summed E-state index contributed by atoms with van der Waals surface area (Å²) in [5.74, 6) is -0.382. The van der Waals surface area contributed by atoms with Gasteiger partial charge in [-0.3, -0.25) is 9.48 Å². The second-order valence-corrected chi connectivity index (χ2v) is 8.86. The first kappa shape index (κ1) is 24.1. The molecule has 0 spiro atoms. The molecule has 4 aromatic rings. The van der Waals surface area contributed by atoms with E-state index in [0.29, 0.717) is 39.4 Å². The standard InChI is InChI=1S/C23H22Cl2F2N6O/c1-11-8-15(22(26)27)20-12(2)30-33(23(20)28-11)10-19(34)29-21-13(3)31-32(14(21)4)9-16-17(24)6-5-7-18(16)25/h5-8,22H,9-10H2,1-4H3,(H,29,34). The minimum absolute atomic E-state index is 0.141. The third-order valence-corrected chi connectivity index (χ3v) is 6.29. The van der Waals surface area contributed by atoms with Crippen molar-refractivity contribution >= 4 is 45.8 Å². The monoisotopic (exact) mass is 506 g/mol. The van der Waals surface area contributed by atoms with E-state index >= 15 is 0 Å². The Morgan fingerprint density at radius 1 is 1.06 bits per heavy atom. The zero-order valence-corrected chi connectivity index (χ0v) is 20.5. The number of rotatable bonds is 6. The molecule has 0 aliphatic carbocycles. The number of pyridine rings is 1. The average molecular weight is 507 g/mol. The Kier molecular flexibility index (Phi) is 6.60. The maximum Gasteiger partial charge on any atom is 0.264 e. The van der Waals surface area contributed by atoms with E-state index in [1.54, 1.807) is 43.7 Å². The lowest BCUT2D eigenvalue weighted by atomic mass is 10.1. The fourth-order valence-electron chi connectivity index (χ4n) is 3.98. The summed E-state index contributed by atoms with van der Waals surface area (Å²) in [7, 11) is 0. The Morgan fingerprint density at radius 3 is 2.35 bits per heavy atom. The third-order valence-electron chi connectivity index (χ3n) is 5.58. The number of anilines is 1. The van der Waals surface area contributed by atoms with E-state index < -0.39 is 6.43 Å². The lowest BCUT2D eigenvalue weighted by molar-refractivity contribution is -0.116. The zero-order valence-electron chi connectivity index (χ0n) is 19.0. The molecule has 0 saturated heterocycles. The van der Waals surface area contributed by atoms with Crippen LogP contribution in [0.25, 0.3) is 11.0 Å². The number of fused-ring (bicyclic) bond motifs is 1. The largest absolute Gasteiger partial charge is 0.321 e. The minimum atomic E-state index is -2.67. The number of hydrogen-bond acceptors (Lipinski definition) is 4. The summed E-state index contributed by atoms with van der Waals surface area (Å²) in [6.45, 7) is 7.00. The van der Waals surface area contributed by atoms with Crippen LogP contribution in [0.1, 0.15) is 40.3 Å². The molecular weight excluding hydrogens is 485 g/mol. The molecule has 1 aromatic carbocycles. The Bertz CT molecular complexity index is 1390. The van der Waals surface area contributed by atoms with Crippen molar-refractivity contribution in [2.75, 3.05) is 5.32 Å². The Morgan fingerprint density at radius 2 is 1.71 bits per heavy atom. The van der Waals surface area contributed by atoms with Gasteiger partial charge in [0.15, 0.2) is 5.65 Å². The highest BCUT2D eigenvalue weighted by Crippen LogP contribution is 2.30. The van der Waals surface area contributed by atoms with Gasteiger partial charge in [-0.25, -0.2) is 18.4 Å². The van der Waals surface area contributed by atoms with Gasteiger partial charge < -0.3 is 5.32 Å². The Labute approximate surface area is 204 Å². The van der Waals surface area contributed by atoms with E-state index in [2.05, 4.69) is 20.5 Å². The molecule has 4 rings (SSSR count). The van der Waals surface area contributed by atoms with E-state index in [0.717, 1.165) is 11.3 Å². The SMILES string of the molecule is Cc1cc(C(F)F)c2c(C)nn(CC(=O)Nc3c(C)nn(Cc4c(Cl)cccc4Cl)c3C)c2n1. The van der Waals surface area contributed by atoms with Crippen LogP contribution < -0.4 is 5.32 Å². The van der Waals surface area contributed by atoms with Gasteiger partial charge in [0.1, 0.15) is 6.54 Å². The number of alkyl halides is 2. The predicted octanol–water partition coefficient (Wildman–Crippen LogP) is 5.79. The third kappa shape index (κ3) is 4.50. The van der Waals surface area contributed by atoms with Crippen molar-refractivity contribution in [1.29, 1.82) is 0 Å². The Hall–Kier alpha value is -3.04. The smallest absolute Gasteiger partial charge is 0.264 e. The number of aryl methyl sites for hydroxylation is 3. The highest BCUT2D eigenvalue weighted by atomic mass is 35.5.